The van der Waals surface area contributed by atoms with Crippen molar-refractivity contribution in [2.75, 3.05) is 18.6 Å². The average Bonchev–Trinajstić information content (AvgIpc) is 2.63. The maximum atomic E-state index is 12.1. The van der Waals surface area contributed by atoms with E-state index in [1.54, 1.807) is 4.90 Å². The molecule has 0 atom stereocenters. The number of nitrogens with zero attached hydrogens (tertiary/aromatic N) is 1. The van der Waals surface area contributed by atoms with E-state index in [4.69, 9.17) is 21.4 Å². The molecule has 5 nitrogen and oxygen atoms in total. The molecule has 1 heterocycles. The largest absolute Gasteiger partial charge is 0.496 e. The summed E-state index contributed by atoms with van der Waals surface area (Å²) in [6.45, 7) is 0.591. The Kier molecular flexibility index (Phi) is 4.49. The topological polar surface area (TPSA) is 66.8 Å². The van der Waals surface area contributed by atoms with Gasteiger partial charge >= 0.3 is 5.97 Å². The van der Waals surface area contributed by atoms with Crippen LogP contribution in [-0.4, -0.2) is 30.6 Å². The summed E-state index contributed by atoms with van der Waals surface area (Å²) in [4.78, 5) is 24.8. The molecule has 0 radical (unpaired) electrons. The number of halogens is 1. The maximum absolute atomic E-state index is 12.1. The molecule has 1 saturated heterocycles. The molecule has 108 valence electrons. The van der Waals surface area contributed by atoms with Crippen molar-refractivity contribution >= 4 is 29.2 Å². The van der Waals surface area contributed by atoms with Crippen LogP contribution < -0.4 is 9.64 Å². The number of hydrogen-bond donors (Lipinski definition) is 1. The Morgan fingerprint density at radius 3 is 2.75 bits per heavy atom. The van der Waals surface area contributed by atoms with Crippen molar-refractivity contribution in [3.8, 4) is 5.75 Å². The summed E-state index contributed by atoms with van der Waals surface area (Å²) in [5, 5.41) is 9.35. The monoisotopic (exact) mass is 297 g/mol. The number of ether oxygens (including phenoxy) is 1. The van der Waals surface area contributed by atoms with E-state index in [9.17, 15) is 9.59 Å². The van der Waals surface area contributed by atoms with Crippen molar-refractivity contribution in [2.24, 2.45) is 0 Å². The molecule has 1 aromatic carbocycles. The van der Waals surface area contributed by atoms with Gasteiger partial charge in [-0.2, -0.15) is 0 Å². The van der Waals surface area contributed by atoms with Crippen molar-refractivity contribution < 1.29 is 19.4 Å². The second kappa shape index (κ2) is 6.13. The number of methoxy groups -OCH3 is 1. The van der Waals surface area contributed by atoms with E-state index in [2.05, 4.69) is 0 Å². The number of carbonyl (C=O) groups excluding carboxylic acids is 1. The Bertz CT molecular complexity index is 544. The Labute approximate surface area is 122 Å². The van der Waals surface area contributed by atoms with Crippen LogP contribution in [0, 0.1) is 0 Å². The van der Waals surface area contributed by atoms with Gasteiger partial charge in [-0.3, -0.25) is 4.79 Å². The third-order valence-electron chi connectivity index (χ3n) is 3.36. The summed E-state index contributed by atoms with van der Waals surface area (Å²) < 4.78 is 5.08. The predicted molar refractivity (Wildman–Crippen MR) is 75.8 cm³/mol. The quantitative estimate of drug-likeness (QED) is 0.931. The highest BCUT2D eigenvalue weighted by atomic mass is 35.5. The van der Waals surface area contributed by atoms with Gasteiger partial charge in [0.2, 0.25) is 5.91 Å². The lowest BCUT2D eigenvalue weighted by Crippen LogP contribution is -2.30. The van der Waals surface area contributed by atoms with Crippen molar-refractivity contribution in [1.29, 1.82) is 0 Å². The fourth-order valence-electron chi connectivity index (χ4n) is 2.32. The number of amides is 1. The summed E-state index contributed by atoms with van der Waals surface area (Å²) >= 11 is 6.14. The van der Waals surface area contributed by atoms with Crippen LogP contribution in [0.15, 0.2) is 12.1 Å². The summed E-state index contributed by atoms with van der Waals surface area (Å²) in [7, 11) is 1.39. The van der Waals surface area contributed by atoms with Gasteiger partial charge in [0.15, 0.2) is 0 Å². The van der Waals surface area contributed by atoms with Crippen molar-refractivity contribution in [1.82, 2.24) is 0 Å². The first-order valence-corrected chi connectivity index (χ1v) is 6.83. The standard InChI is InChI=1S/C14H16ClNO4/c1-20-12-8-11(10(15)7-9(12)14(18)19)16-6-4-2-3-5-13(16)17/h7-8H,2-6H2,1H3,(H,18,19). The Morgan fingerprint density at radius 1 is 1.35 bits per heavy atom. The first-order valence-electron chi connectivity index (χ1n) is 6.45. The Hall–Kier alpha value is -1.75. The molecule has 1 N–H and O–H groups in total. The number of carboxylic acids is 1. The first kappa shape index (κ1) is 14.7. The molecule has 1 aromatic rings. The molecule has 1 aliphatic heterocycles. The normalized spacial score (nSPS) is 15.9. The minimum Gasteiger partial charge on any atom is -0.496 e. The van der Waals surface area contributed by atoms with Gasteiger partial charge in [0.1, 0.15) is 11.3 Å². The molecular weight excluding hydrogens is 282 g/mol. The third-order valence-corrected chi connectivity index (χ3v) is 3.67. The van der Waals surface area contributed by atoms with E-state index in [-0.39, 0.29) is 22.2 Å². The van der Waals surface area contributed by atoms with Gasteiger partial charge in [-0.25, -0.2) is 4.79 Å². The molecule has 20 heavy (non-hydrogen) atoms. The van der Waals surface area contributed by atoms with Gasteiger partial charge < -0.3 is 14.7 Å². The summed E-state index contributed by atoms with van der Waals surface area (Å²) in [5.41, 5.74) is 0.504. The van der Waals surface area contributed by atoms with Crippen LogP contribution >= 0.6 is 11.6 Å². The van der Waals surface area contributed by atoms with E-state index in [1.165, 1.54) is 19.2 Å². The number of carboxylic acid groups (broad SMARTS) is 1. The van der Waals surface area contributed by atoms with E-state index in [1.807, 2.05) is 0 Å². The number of aromatic carboxylic acids is 1. The highest BCUT2D eigenvalue weighted by Crippen LogP contribution is 2.35. The van der Waals surface area contributed by atoms with Crippen molar-refractivity contribution in [2.45, 2.75) is 25.7 Å². The zero-order chi connectivity index (χ0) is 14.7. The lowest BCUT2D eigenvalue weighted by Gasteiger charge is -2.23. The number of rotatable bonds is 3. The SMILES string of the molecule is COc1cc(N2CCCCCC2=O)c(Cl)cc1C(=O)O. The molecule has 0 bridgehead atoms. The molecule has 1 amide bonds. The molecule has 2 rings (SSSR count). The molecule has 6 heteroatoms. The van der Waals surface area contributed by atoms with Crippen LogP contribution in [0.2, 0.25) is 5.02 Å². The summed E-state index contributed by atoms with van der Waals surface area (Å²) in [6.07, 6.45) is 3.27. The van der Waals surface area contributed by atoms with Crippen LogP contribution in [0.4, 0.5) is 5.69 Å². The lowest BCUT2D eigenvalue weighted by molar-refractivity contribution is -0.118. The van der Waals surface area contributed by atoms with Crippen LogP contribution in [0.3, 0.4) is 0 Å². The van der Waals surface area contributed by atoms with E-state index < -0.39 is 5.97 Å². The summed E-state index contributed by atoms with van der Waals surface area (Å²) in [6, 6.07) is 2.85. The van der Waals surface area contributed by atoms with Crippen LogP contribution in [0.5, 0.6) is 5.75 Å². The molecular formula is C14H16ClNO4. The molecule has 0 aromatic heterocycles. The highest BCUT2D eigenvalue weighted by Gasteiger charge is 2.23. The Balaban J connectivity index is 2.45. The molecule has 0 spiro atoms. The van der Waals surface area contributed by atoms with E-state index in [0.717, 1.165) is 19.3 Å². The van der Waals surface area contributed by atoms with Crippen LogP contribution in [0.25, 0.3) is 0 Å². The summed E-state index contributed by atoms with van der Waals surface area (Å²) in [5.74, 6) is -0.902. The van der Waals surface area contributed by atoms with Gasteiger partial charge in [-0.1, -0.05) is 18.0 Å². The van der Waals surface area contributed by atoms with Gasteiger partial charge in [0.05, 0.1) is 17.8 Å². The number of benzene rings is 1. The smallest absolute Gasteiger partial charge is 0.339 e. The molecule has 1 aliphatic rings. The second-order valence-corrected chi connectivity index (χ2v) is 5.07. The van der Waals surface area contributed by atoms with Crippen LogP contribution in [0.1, 0.15) is 36.0 Å². The second-order valence-electron chi connectivity index (χ2n) is 4.67. The average molecular weight is 298 g/mol. The molecule has 1 fully saturated rings. The van der Waals surface area contributed by atoms with Gasteiger partial charge in [-0.15, -0.1) is 0 Å². The lowest BCUT2D eigenvalue weighted by atomic mass is 10.1. The first-order chi connectivity index (χ1) is 9.54. The number of anilines is 1. The molecule has 0 aliphatic carbocycles. The number of hydrogen-bond acceptors (Lipinski definition) is 3. The minimum atomic E-state index is -1.11. The zero-order valence-electron chi connectivity index (χ0n) is 11.2. The van der Waals surface area contributed by atoms with Gasteiger partial charge in [0, 0.05) is 19.0 Å². The maximum Gasteiger partial charge on any atom is 0.339 e. The third kappa shape index (κ3) is 2.88. The van der Waals surface area contributed by atoms with Crippen molar-refractivity contribution in [3.05, 3.63) is 22.7 Å². The van der Waals surface area contributed by atoms with E-state index in [0.29, 0.717) is 18.7 Å². The van der Waals surface area contributed by atoms with Crippen molar-refractivity contribution in [3.63, 3.8) is 0 Å². The van der Waals surface area contributed by atoms with Gasteiger partial charge in [0.25, 0.3) is 0 Å². The fraction of sp³-hybridized carbons (Fsp3) is 0.429. The Morgan fingerprint density at radius 2 is 2.10 bits per heavy atom. The number of carbonyl (C=O) groups is 2. The van der Waals surface area contributed by atoms with Crippen LogP contribution in [-0.2, 0) is 4.79 Å². The predicted octanol–water partition coefficient (Wildman–Crippen LogP) is 2.95. The highest BCUT2D eigenvalue weighted by molar-refractivity contribution is 6.34. The zero-order valence-corrected chi connectivity index (χ0v) is 11.9. The molecule has 0 saturated carbocycles. The molecule has 0 unspecified atom stereocenters. The van der Waals surface area contributed by atoms with Gasteiger partial charge in [-0.05, 0) is 18.9 Å². The van der Waals surface area contributed by atoms with E-state index >= 15 is 0 Å². The minimum absolute atomic E-state index is 0.00882. The fourth-order valence-corrected chi connectivity index (χ4v) is 2.59.